The molecule has 1 heteroatoms. The molecule has 4 bridgehead atoms. The van der Waals surface area contributed by atoms with Crippen LogP contribution in [0.4, 0.5) is 17.1 Å². The lowest BCUT2D eigenvalue weighted by Crippen LogP contribution is -2.41. The zero-order chi connectivity index (χ0) is 35.9. The zero-order valence-corrected chi connectivity index (χ0v) is 30.6. The number of fused-ring (bicyclic) bond motifs is 8. The van der Waals surface area contributed by atoms with Crippen molar-refractivity contribution in [3.63, 3.8) is 0 Å². The molecule has 0 amide bonds. The SMILES string of the molecule is C=Cc1ccc(C23CC4CC(c5ccc6c(c5)-c5ccccc5-c5ccccc5-c5cc(N(c7ccccc7)c7ccccc7)ccc5-6)(C[C@@H]4C2)C3)cc1. The lowest BCUT2D eigenvalue weighted by molar-refractivity contribution is 0.189. The first-order valence-corrected chi connectivity index (χ1v) is 19.7. The Morgan fingerprint density at radius 3 is 1.37 bits per heavy atom. The van der Waals surface area contributed by atoms with Crippen LogP contribution < -0.4 is 4.90 Å². The van der Waals surface area contributed by atoms with Gasteiger partial charge in [-0.05, 0) is 158 Å². The molecule has 4 fully saturated rings. The van der Waals surface area contributed by atoms with E-state index in [4.69, 9.17) is 0 Å². The second-order valence-electron chi connectivity index (χ2n) is 16.5. The molecule has 3 unspecified atom stereocenters. The number of nitrogens with zero attached hydrogens (tertiary/aromatic N) is 1. The first-order valence-electron chi connectivity index (χ1n) is 19.7. The number of benzene rings is 7. The van der Waals surface area contributed by atoms with Gasteiger partial charge in [0.05, 0.1) is 0 Å². The maximum absolute atomic E-state index is 4.01. The van der Waals surface area contributed by atoms with Crippen molar-refractivity contribution in [2.75, 3.05) is 4.90 Å². The van der Waals surface area contributed by atoms with Crippen molar-refractivity contribution < 1.29 is 0 Å². The van der Waals surface area contributed by atoms with Crippen LogP contribution in [-0.4, -0.2) is 0 Å². The van der Waals surface area contributed by atoms with Crippen LogP contribution >= 0.6 is 0 Å². The Balaban J connectivity index is 1.09. The van der Waals surface area contributed by atoms with Crippen LogP contribution in [0, 0.1) is 11.8 Å². The Morgan fingerprint density at radius 1 is 0.407 bits per heavy atom. The summed E-state index contributed by atoms with van der Waals surface area (Å²) in [6, 6.07) is 63.8. The van der Waals surface area contributed by atoms with Gasteiger partial charge in [0.2, 0.25) is 0 Å². The predicted molar refractivity (Wildman–Crippen MR) is 226 cm³/mol. The summed E-state index contributed by atoms with van der Waals surface area (Å²) in [5.74, 6) is 1.63. The predicted octanol–water partition coefficient (Wildman–Crippen LogP) is 14.2. The highest BCUT2D eigenvalue weighted by Crippen LogP contribution is 2.70. The van der Waals surface area contributed by atoms with Crippen molar-refractivity contribution in [1.82, 2.24) is 0 Å². The van der Waals surface area contributed by atoms with Crippen molar-refractivity contribution in [1.29, 1.82) is 0 Å². The van der Waals surface area contributed by atoms with E-state index in [1.54, 1.807) is 11.1 Å². The Bertz CT molecular complexity index is 2510. The number of anilines is 3. The molecule has 4 saturated carbocycles. The number of para-hydroxylation sites is 2. The van der Waals surface area contributed by atoms with Gasteiger partial charge in [-0.25, -0.2) is 0 Å². The van der Waals surface area contributed by atoms with E-state index in [1.165, 1.54) is 82.2 Å². The van der Waals surface area contributed by atoms with Crippen LogP contribution in [0.5, 0.6) is 0 Å². The molecule has 0 radical (unpaired) electrons. The van der Waals surface area contributed by atoms with Crippen LogP contribution in [0.1, 0.15) is 48.8 Å². The lowest BCUT2D eigenvalue weighted by Gasteiger charge is -2.47. The molecule has 54 heavy (non-hydrogen) atoms. The fourth-order valence-electron chi connectivity index (χ4n) is 11.5. The molecule has 12 rings (SSSR count). The maximum Gasteiger partial charge on any atom is 0.0468 e. The molecular formula is C53H43N. The average Bonchev–Trinajstić information content (AvgIpc) is 3.65. The minimum Gasteiger partial charge on any atom is -0.310 e. The highest BCUT2D eigenvalue weighted by atomic mass is 15.1. The van der Waals surface area contributed by atoms with Crippen molar-refractivity contribution in [3.05, 3.63) is 193 Å². The first kappa shape index (κ1) is 31.6. The molecule has 0 heterocycles. The van der Waals surface area contributed by atoms with E-state index in [-0.39, 0.29) is 10.8 Å². The van der Waals surface area contributed by atoms with Gasteiger partial charge in [0.1, 0.15) is 0 Å². The Kier molecular flexibility index (Phi) is 7.05. The molecule has 7 aromatic carbocycles. The van der Waals surface area contributed by atoms with Gasteiger partial charge < -0.3 is 4.90 Å². The molecule has 0 saturated heterocycles. The van der Waals surface area contributed by atoms with Crippen molar-refractivity contribution >= 4 is 23.1 Å². The van der Waals surface area contributed by atoms with Gasteiger partial charge in [0.25, 0.3) is 0 Å². The number of hydrogen-bond acceptors (Lipinski definition) is 1. The van der Waals surface area contributed by atoms with Crippen LogP contribution in [-0.2, 0) is 10.8 Å². The summed E-state index contributed by atoms with van der Waals surface area (Å²) in [4.78, 5) is 2.38. The van der Waals surface area contributed by atoms with Gasteiger partial charge in [0, 0.05) is 17.1 Å². The van der Waals surface area contributed by atoms with Gasteiger partial charge in [-0.2, -0.15) is 0 Å². The van der Waals surface area contributed by atoms with E-state index >= 15 is 0 Å². The molecule has 0 aromatic heterocycles. The third-order valence-electron chi connectivity index (χ3n) is 13.7. The number of rotatable bonds is 6. The molecular weight excluding hydrogens is 651 g/mol. The smallest absolute Gasteiger partial charge is 0.0468 e. The molecule has 4 atom stereocenters. The zero-order valence-electron chi connectivity index (χ0n) is 30.6. The Hall–Kier alpha value is -5.92. The summed E-state index contributed by atoms with van der Waals surface area (Å²) in [6.45, 7) is 4.01. The fraction of sp³-hybridized carbons (Fsp3) is 0.170. The van der Waals surface area contributed by atoms with Gasteiger partial charge in [-0.15, -0.1) is 0 Å². The third kappa shape index (κ3) is 4.77. The van der Waals surface area contributed by atoms with E-state index in [1.807, 2.05) is 6.08 Å². The maximum atomic E-state index is 4.01. The van der Waals surface area contributed by atoms with Gasteiger partial charge in [0.15, 0.2) is 0 Å². The fourth-order valence-corrected chi connectivity index (χ4v) is 11.5. The second kappa shape index (κ2) is 12.1. The summed E-state index contributed by atoms with van der Waals surface area (Å²) in [5.41, 5.74) is 18.6. The highest BCUT2D eigenvalue weighted by Gasteiger charge is 2.63. The third-order valence-corrected chi connectivity index (χ3v) is 13.7. The van der Waals surface area contributed by atoms with Gasteiger partial charge in [-0.1, -0.05) is 140 Å². The van der Waals surface area contributed by atoms with Gasteiger partial charge in [-0.3, -0.25) is 0 Å². The monoisotopic (exact) mass is 693 g/mol. The molecule has 0 spiro atoms. The summed E-state index contributed by atoms with van der Waals surface area (Å²) in [5, 5.41) is 0. The van der Waals surface area contributed by atoms with Gasteiger partial charge >= 0.3 is 0 Å². The quantitative estimate of drug-likeness (QED) is 0.168. The van der Waals surface area contributed by atoms with Crippen molar-refractivity contribution in [2.45, 2.75) is 42.9 Å². The normalized spacial score (nSPS) is 22.7. The van der Waals surface area contributed by atoms with E-state index in [2.05, 4.69) is 181 Å². The summed E-state index contributed by atoms with van der Waals surface area (Å²) in [7, 11) is 0. The number of hydrogen-bond donors (Lipinski definition) is 0. The van der Waals surface area contributed by atoms with E-state index in [0.717, 1.165) is 28.9 Å². The Morgan fingerprint density at radius 2 is 0.833 bits per heavy atom. The average molecular weight is 694 g/mol. The second-order valence-corrected chi connectivity index (χ2v) is 16.5. The van der Waals surface area contributed by atoms with Crippen molar-refractivity contribution in [3.8, 4) is 44.5 Å². The molecule has 1 nitrogen and oxygen atoms in total. The van der Waals surface area contributed by atoms with E-state index in [9.17, 15) is 0 Å². The summed E-state index contributed by atoms with van der Waals surface area (Å²) in [6.07, 6.45) is 8.55. The molecule has 260 valence electrons. The van der Waals surface area contributed by atoms with Crippen LogP contribution in [0.25, 0.3) is 50.6 Å². The molecule has 0 aliphatic heterocycles. The minimum atomic E-state index is 0.214. The minimum absolute atomic E-state index is 0.214. The van der Waals surface area contributed by atoms with E-state index in [0.29, 0.717) is 0 Å². The Labute approximate surface area is 319 Å². The van der Waals surface area contributed by atoms with Crippen molar-refractivity contribution in [2.24, 2.45) is 11.8 Å². The van der Waals surface area contributed by atoms with Crippen LogP contribution in [0.2, 0.25) is 0 Å². The standard InChI is InChI=1S/C53H43N/c1-2-36-21-23-39(24-22-36)52-31-37-33-53(35-52,34-38(37)32-52)40-25-27-48-49-28-26-43(54(41-13-5-3-6-14-41)42-15-7-4-8-16-42)30-51(49)47-20-12-10-18-45(47)44-17-9-11-19-46(44)50(48)29-40/h2-30,37-38H,1,31-35H2/t37-,38?,52?,53?/m0/s1. The largest absolute Gasteiger partial charge is 0.310 e. The van der Waals surface area contributed by atoms with Crippen LogP contribution in [0.3, 0.4) is 0 Å². The topological polar surface area (TPSA) is 3.24 Å². The molecule has 5 aliphatic carbocycles. The molecule has 5 aliphatic rings. The first-order chi connectivity index (χ1) is 26.6. The van der Waals surface area contributed by atoms with Crippen LogP contribution in [0.15, 0.2) is 176 Å². The van der Waals surface area contributed by atoms with E-state index < -0.39 is 0 Å². The molecule has 7 aromatic rings. The lowest BCUT2D eigenvalue weighted by atomic mass is 9.56. The summed E-state index contributed by atoms with van der Waals surface area (Å²) >= 11 is 0. The summed E-state index contributed by atoms with van der Waals surface area (Å²) < 4.78 is 0. The highest BCUT2D eigenvalue weighted by molar-refractivity contribution is 6.04. The molecule has 0 N–H and O–H groups in total.